The van der Waals surface area contributed by atoms with Crippen molar-refractivity contribution < 1.29 is 47.3 Å². The van der Waals surface area contributed by atoms with E-state index in [2.05, 4.69) is 30.7 Å². The summed E-state index contributed by atoms with van der Waals surface area (Å²) in [6, 6.07) is 23.2. The molecule has 0 radical (unpaired) electrons. The Kier molecular flexibility index (Phi) is 17.2. The Morgan fingerprint density at radius 3 is 2.33 bits per heavy atom. The molecule has 2 aliphatic heterocycles. The first-order valence-corrected chi connectivity index (χ1v) is 26.0. The number of hydrogen-bond donors (Lipinski definition) is 2. The molecule has 6 heterocycles. The monoisotopic (exact) mass is 1050 g/mol. The van der Waals surface area contributed by atoms with Gasteiger partial charge >= 0.3 is 0 Å². The van der Waals surface area contributed by atoms with Crippen LogP contribution in [0.15, 0.2) is 106 Å². The fourth-order valence-electron chi connectivity index (χ4n) is 9.11. The van der Waals surface area contributed by atoms with Gasteiger partial charge in [-0.1, -0.05) is 44.2 Å². The molecule has 21 heteroatoms. The summed E-state index contributed by atoms with van der Waals surface area (Å²) in [7, 11) is 1.54. The quantitative estimate of drug-likeness (QED) is 0.0619. The number of amides is 4. The van der Waals surface area contributed by atoms with Crippen LogP contribution in [0.25, 0.3) is 33.1 Å². The number of likely N-dealkylation sites (tertiary alicyclic amines) is 1. The third-order valence-electron chi connectivity index (χ3n) is 13.0. The van der Waals surface area contributed by atoms with Gasteiger partial charge in [0, 0.05) is 49.6 Å². The number of oxazole rings is 1. The lowest BCUT2D eigenvalue weighted by molar-refractivity contribution is -0.143. The zero-order chi connectivity index (χ0) is 53.1. The fourth-order valence-corrected chi connectivity index (χ4v) is 9.91. The van der Waals surface area contributed by atoms with Crippen LogP contribution >= 0.6 is 11.3 Å². The van der Waals surface area contributed by atoms with E-state index in [4.69, 9.17) is 28.1 Å². The maximum absolute atomic E-state index is 14.2. The van der Waals surface area contributed by atoms with E-state index in [0.717, 1.165) is 27.3 Å². The highest BCUT2D eigenvalue weighted by Crippen LogP contribution is 2.34. The van der Waals surface area contributed by atoms with Crippen molar-refractivity contribution in [2.75, 3.05) is 64.7 Å². The predicted octanol–water partition coefficient (Wildman–Crippen LogP) is 6.46. The van der Waals surface area contributed by atoms with E-state index >= 15 is 0 Å². The minimum atomic E-state index is -0.688. The standard InChI is InChI=1S/C55H59N9O11S/c1-34(2)49(64-32-38-8-5-6-9-41(38)54(64)68)55(69)63-19-7-10-45(63)52(67)57-30-37-12-11-36(50-35(3)58-33-76-50)28-47(37)74-27-25-72-23-21-70-20-22-71-24-26-73-40-14-15-42(56-31-40)51(66)59-39-13-17-46-44(29-39)60-53(75-46)43-16-18-48(65)62(4)61-43/h5-6,8-9,11-18,28-29,31,33-34,45,49H,7,10,19-27,30,32H2,1-4H3,(H,57,67)(H,59,66)/t45-,49?/m0/s1. The molecular formula is C55H59N9O11S. The molecule has 76 heavy (non-hydrogen) atoms. The van der Waals surface area contributed by atoms with Crippen LogP contribution in [0, 0.1) is 12.8 Å². The lowest BCUT2D eigenvalue weighted by Crippen LogP contribution is -2.55. The van der Waals surface area contributed by atoms with Crippen LogP contribution in [0.4, 0.5) is 5.69 Å². The molecular weight excluding hydrogens is 995 g/mol. The SMILES string of the molecule is Cc1ncsc1-c1ccc(CNC(=O)[C@@H]2CCCN2C(=O)C(C(C)C)N2Cc3ccccc3C2=O)c(OCCOCCOCCOCCOc2ccc(C(=O)Nc3ccc4oc(-c5ccc(=O)n(C)n5)nc4c3)nc2)c1. The van der Waals surface area contributed by atoms with E-state index in [1.807, 2.05) is 57.2 Å². The molecule has 396 valence electrons. The molecule has 2 atom stereocenters. The van der Waals surface area contributed by atoms with E-state index in [9.17, 15) is 24.0 Å². The number of hydrogen-bond acceptors (Lipinski definition) is 16. The number of nitrogens with one attached hydrogen (secondary N) is 2. The third-order valence-corrected chi connectivity index (χ3v) is 13.9. The summed E-state index contributed by atoms with van der Waals surface area (Å²) in [6.07, 6.45) is 2.69. The largest absolute Gasteiger partial charge is 0.491 e. The average Bonchev–Trinajstić information content (AvgIpc) is 4.26. The highest BCUT2D eigenvalue weighted by atomic mass is 32.1. The second kappa shape index (κ2) is 24.7. The number of fused-ring (bicyclic) bond motifs is 2. The number of aryl methyl sites for hydroxylation is 2. The first kappa shape index (κ1) is 53.0. The van der Waals surface area contributed by atoms with Gasteiger partial charge < -0.3 is 48.5 Å². The van der Waals surface area contributed by atoms with Gasteiger partial charge in [0.25, 0.3) is 17.4 Å². The summed E-state index contributed by atoms with van der Waals surface area (Å²) >= 11 is 1.54. The van der Waals surface area contributed by atoms with Crippen LogP contribution in [0.1, 0.15) is 64.4 Å². The van der Waals surface area contributed by atoms with Crippen molar-refractivity contribution in [1.82, 2.24) is 39.8 Å². The number of carbonyl (C=O) groups excluding carboxylic acids is 4. The molecule has 2 aliphatic rings. The minimum absolute atomic E-state index is 0.151. The molecule has 0 bridgehead atoms. The predicted molar refractivity (Wildman–Crippen MR) is 282 cm³/mol. The van der Waals surface area contributed by atoms with Crippen molar-refractivity contribution in [2.24, 2.45) is 13.0 Å². The van der Waals surface area contributed by atoms with Gasteiger partial charge in [0.05, 0.1) is 61.9 Å². The maximum Gasteiger partial charge on any atom is 0.274 e. The summed E-state index contributed by atoms with van der Waals surface area (Å²) in [5, 5.41) is 10.1. The topological polar surface area (TPSA) is 232 Å². The molecule has 4 amide bonds. The Labute approximate surface area is 442 Å². The molecule has 1 fully saturated rings. The van der Waals surface area contributed by atoms with E-state index in [1.165, 1.54) is 34.3 Å². The number of pyridine rings is 1. The number of nitrogens with zero attached hydrogens (tertiary/aromatic N) is 7. The maximum atomic E-state index is 14.2. The van der Waals surface area contributed by atoms with Crippen LogP contribution in [-0.2, 0) is 43.9 Å². The summed E-state index contributed by atoms with van der Waals surface area (Å²) in [6.45, 7) is 9.38. The van der Waals surface area contributed by atoms with Crippen molar-refractivity contribution in [3.8, 4) is 33.5 Å². The number of aromatic nitrogens is 5. The molecule has 1 unspecified atom stereocenters. The van der Waals surface area contributed by atoms with E-state index in [1.54, 1.807) is 58.8 Å². The zero-order valence-electron chi connectivity index (χ0n) is 42.7. The molecule has 3 aromatic carbocycles. The highest BCUT2D eigenvalue weighted by Gasteiger charge is 2.44. The van der Waals surface area contributed by atoms with Gasteiger partial charge in [-0.3, -0.25) is 24.0 Å². The van der Waals surface area contributed by atoms with Gasteiger partial charge in [0.1, 0.15) is 53.7 Å². The molecule has 0 saturated carbocycles. The van der Waals surface area contributed by atoms with Crippen LogP contribution in [-0.4, -0.2) is 130 Å². The average molecular weight is 1050 g/mol. The molecule has 9 rings (SSSR count). The summed E-state index contributed by atoms with van der Waals surface area (Å²) in [5.74, 6) is 0.149. The first-order valence-electron chi connectivity index (χ1n) is 25.1. The van der Waals surface area contributed by atoms with Crippen molar-refractivity contribution in [1.29, 1.82) is 0 Å². The second-order valence-corrected chi connectivity index (χ2v) is 19.4. The Morgan fingerprint density at radius 2 is 1.62 bits per heavy atom. The Balaban J connectivity index is 0.663. The van der Waals surface area contributed by atoms with Crippen molar-refractivity contribution in [3.63, 3.8) is 0 Å². The molecule has 2 N–H and O–H groups in total. The number of anilines is 1. The lowest BCUT2D eigenvalue weighted by Gasteiger charge is -2.35. The van der Waals surface area contributed by atoms with Gasteiger partial charge in [-0.2, -0.15) is 5.10 Å². The highest BCUT2D eigenvalue weighted by molar-refractivity contribution is 7.13. The normalized spacial score (nSPS) is 14.6. The van der Waals surface area contributed by atoms with Gasteiger partial charge in [-0.15, -0.1) is 11.3 Å². The summed E-state index contributed by atoms with van der Waals surface area (Å²) in [4.78, 5) is 83.6. The minimum Gasteiger partial charge on any atom is -0.491 e. The van der Waals surface area contributed by atoms with Crippen LogP contribution in [0.3, 0.4) is 0 Å². The number of ether oxygens (including phenoxy) is 5. The Bertz CT molecular complexity index is 3250. The first-order chi connectivity index (χ1) is 36.9. The molecule has 20 nitrogen and oxygen atoms in total. The lowest BCUT2D eigenvalue weighted by atomic mass is 10.0. The van der Waals surface area contributed by atoms with Gasteiger partial charge in [-0.25, -0.2) is 19.6 Å². The number of benzene rings is 3. The third kappa shape index (κ3) is 12.6. The van der Waals surface area contributed by atoms with Crippen molar-refractivity contribution in [3.05, 3.63) is 135 Å². The molecule has 1 saturated heterocycles. The van der Waals surface area contributed by atoms with Gasteiger partial charge in [-0.05, 0) is 85.3 Å². The summed E-state index contributed by atoms with van der Waals surface area (Å²) < 4.78 is 36.1. The van der Waals surface area contributed by atoms with E-state index in [-0.39, 0.29) is 60.5 Å². The summed E-state index contributed by atoms with van der Waals surface area (Å²) in [5.41, 5.74) is 7.79. The number of rotatable bonds is 24. The Morgan fingerprint density at radius 1 is 0.855 bits per heavy atom. The second-order valence-electron chi connectivity index (χ2n) is 18.5. The molecule has 0 spiro atoms. The van der Waals surface area contributed by atoms with Crippen molar-refractivity contribution >= 4 is 51.8 Å². The number of carbonyl (C=O) groups is 4. The van der Waals surface area contributed by atoms with Gasteiger partial charge in [0.15, 0.2) is 5.58 Å². The van der Waals surface area contributed by atoms with Gasteiger partial charge in [0.2, 0.25) is 17.7 Å². The Hall–Kier alpha value is -7.85. The van der Waals surface area contributed by atoms with Crippen LogP contribution in [0.5, 0.6) is 11.5 Å². The smallest absolute Gasteiger partial charge is 0.274 e. The zero-order valence-corrected chi connectivity index (χ0v) is 43.5. The van der Waals surface area contributed by atoms with Crippen molar-refractivity contribution in [2.45, 2.75) is 58.8 Å². The van der Waals surface area contributed by atoms with E-state index < -0.39 is 18.0 Å². The molecule has 7 aromatic rings. The van der Waals surface area contributed by atoms with Crippen LogP contribution < -0.4 is 25.7 Å². The number of thiazole rings is 1. The fraction of sp³-hybridized carbons (Fsp3) is 0.364. The molecule has 4 aromatic heterocycles. The van der Waals surface area contributed by atoms with E-state index in [0.29, 0.717) is 105 Å². The molecule has 0 aliphatic carbocycles. The van der Waals surface area contributed by atoms with Crippen LogP contribution in [0.2, 0.25) is 0 Å².